The van der Waals surface area contributed by atoms with Gasteiger partial charge in [-0.15, -0.1) is 0 Å². The number of aromatic nitrogens is 1. The molecule has 0 fully saturated rings. The van der Waals surface area contributed by atoms with Crippen molar-refractivity contribution in [1.29, 1.82) is 0 Å². The molecule has 0 aliphatic rings. The average molecular weight is 219 g/mol. The fourth-order valence-electron chi connectivity index (χ4n) is 1.48. The van der Waals surface area contributed by atoms with Gasteiger partial charge >= 0.3 is 0 Å². The van der Waals surface area contributed by atoms with Crippen molar-refractivity contribution in [1.82, 2.24) is 4.98 Å². The van der Waals surface area contributed by atoms with E-state index in [1.807, 2.05) is 0 Å². The first kappa shape index (κ1) is 10.4. The molecule has 0 radical (unpaired) electrons. The Morgan fingerprint density at radius 1 is 1.12 bits per heavy atom. The summed E-state index contributed by atoms with van der Waals surface area (Å²) in [5.74, 6) is -1.40. The van der Waals surface area contributed by atoms with Crippen LogP contribution in [-0.2, 0) is 0 Å². The molecule has 4 heteroatoms. The quantitative estimate of drug-likeness (QED) is 0.727. The number of pyridine rings is 1. The molecule has 2 aromatic rings. The van der Waals surface area contributed by atoms with E-state index in [1.54, 1.807) is 0 Å². The van der Waals surface area contributed by atoms with Gasteiger partial charge in [0.2, 0.25) is 0 Å². The van der Waals surface area contributed by atoms with Crippen molar-refractivity contribution in [2.24, 2.45) is 0 Å². The van der Waals surface area contributed by atoms with Crippen LogP contribution in [-0.4, -0.2) is 11.3 Å². The van der Waals surface area contributed by atoms with Gasteiger partial charge in [0.05, 0.1) is 5.56 Å². The van der Waals surface area contributed by atoms with E-state index in [2.05, 4.69) is 4.98 Å². The summed E-state index contributed by atoms with van der Waals surface area (Å²) in [6.45, 7) is 0. The predicted molar refractivity (Wildman–Crippen MR) is 55.0 cm³/mol. The molecule has 80 valence electrons. The number of nitrogens with zero attached hydrogens (tertiary/aromatic N) is 1. The number of benzene rings is 1. The van der Waals surface area contributed by atoms with Gasteiger partial charge in [0.1, 0.15) is 11.6 Å². The lowest BCUT2D eigenvalue weighted by Crippen LogP contribution is -1.94. The second kappa shape index (κ2) is 4.18. The Hall–Kier alpha value is -2.10. The van der Waals surface area contributed by atoms with Gasteiger partial charge in [0, 0.05) is 23.5 Å². The first-order valence-electron chi connectivity index (χ1n) is 4.57. The van der Waals surface area contributed by atoms with E-state index in [0.717, 1.165) is 12.1 Å². The molecule has 0 N–H and O–H groups in total. The van der Waals surface area contributed by atoms with Crippen LogP contribution in [0.15, 0.2) is 36.7 Å². The van der Waals surface area contributed by atoms with Gasteiger partial charge < -0.3 is 0 Å². The van der Waals surface area contributed by atoms with E-state index in [9.17, 15) is 13.6 Å². The summed E-state index contributed by atoms with van der Waals surface area (Å²) in [5, 5.41) is 0. The monoisotopic (exact) mass is 219 g/mol. The van der Waals surface area contributed by atoms with Crippen molar-refractivity contribution >= 4 is 6.29 Å². The Morgan fingerprint density at radius 3 is 2.44 bits per heavy atom. The third-order valence-electron chi connectivity index (χ3n) is 2.21. The number of carbonyl (C=O) groups excluding carboxylic acids is 1. The summed E-state index contributed by atoms with van der Waals surface area (Å²) in [4.78, 5) is 14.5. The molecule has 2 nitrogen and oxygen atoms in total. The molecule has 1 heterocycles. The molecule has 2 rings (SSSR count). The molecular formula is C12H7F2NO. The van der Waals surface area contributed by atoms with Gasteiger partial charge in [-0.25, -0.2) is 8.78 Å². The second-order valence-corrected chi connectivity index (χ2v) is 3.18. The maximum Gasteiger partial charge on any atom is 0.152 e. The normalized spacial score (nSPS) is 10.1. The Bertz CT molecular complexity index is 520. The summed E-state index contributed by atoms with van der Waals surface area (Å²) in [5.41, 5.74) is 0.166. The molecule has 1 aromatic heterocycles. The lowest BCUT2D eigenvalue weighted by atomic mass is 10.0. The minimum Gasteiger partial charge on any atom is -0.298 e. The second-order valence-electron chi connectivity index (χ2n) is 3.18. The van der Waals surface area contributed by atoms with Crippen LogP contribution in [0.25, 0.3) is 11.1 Å². The van der Waals surface area contributed by atoms with Crippen molar-refractivity contribution in [3.05, 3.63) is 53.9 Å². The zero-order valence-electron chi connectivity index (χ0n) is 8.15. The van der Waals surface area contributed by atoms with Crippen molar-refractivity contribution in [2.45, 2.75) is 0 Å². The molecule has 0 bridgehead atoms. The van der Waals surface area contributed by atoms with Crippen LogP contribution in [0.1, 0.15) is 10.4 Å². The summed E-state index contributed by atoms with van der Waals surface area (Å²) in [7, 11) is 0. The topological polar surface area (TPSA) is 30.0 Å². The van der Waals surface area contributed by atoms with Gasteiger partial charge in [0.15, 0.2) is 6.29 Å². The number of rotatable bonds is 2. The largest absolute Gasteiger partial charge is 0.298 e. The molecule has 0 aliphatic heterocycles. The van der Waals surface area contributed by atoms with Crippen LogP contribution < -0.4 is 0 Å². The smallest absolute Gasteiger partial charge is 0.152 e. The Morgan fingerprint density at radius 2 is 1.81 bits per heavy atom. The molecule has 0 unspecified atom stereocenters. The maximum absolute atomic E-state index is 13.5. The number of aldehydes is 1. The highest BCUT2D eigenvalue weighted by molar-refractivity contribution is 5.87. The van der Waals surface area contributed by atoms with E-state index in [0.29, 0.717) is 6.29 Å². The standard InChI is InChI=1S/C12H7F2NO/c13-10-2-1-3-11(14)12(10)9-4-5-15-6-8(9)7-16/h1-7H. The fraction of sp³-hybridized carbons (Fsp3) is 0. The van der Waals surface area contributed by atoms with E-state index < -0.39 is 11.6 Å². The summed E-state index contributed by atoms with van der Waals surface area (Å²) >= 11 is 0. The average Bonchev–Trinajstić information content (AvgIpc) is 2.29. The van der Waals surface area contributed by atoms with E-state index in [4.69, 9.17) is 0 Å². The number of carbonyl (C=O) groups is 1. The van der Waals surface area contributed by atoms with Crippen LogP contribution in [0.5, 0.6) is 0 Å². The SMILES string of the molecule is O=Cc1cnccc1-c1c(F)cccc1F. The van der Waals surface area contributed by atoms with Crippen molar-refractivity contribution in [2.75, 3.05) is 0 Å². The molecule has 0 aliphatic carbocycles. The highest BCUT2D eigenvalue weighted by Crippen LogP contribution is 2.27. The van der Waals surface area contributed by atoms with Crippen molar-refractivity contribution < 1.29 is 13.6 Å². The minimum absolute atomic E-state index is 0.159. The highest BCUT2D eigenvalue weighted by Gasteiger charge is 2.13. The lowest BCUT2D eigenvalue weighted by molar-refractivity contribution is 0.112. The van der Waals surface area contributed by atoms with Crippen LogP contribution >= 0.6 is 0 Å². The number of halogens is 2. The molecule has 0 saturated heterocycles. The third kappa shape index (κ3) is 1.69. The molecular weight excluding hydrogens is 212 g/mol. The van der Waals surface area contributed by atoms with E-state index in [1.165, 1.54) is 24.5 Å². The molecule has 0 atom stereocenters. The van der Waals surface area contributed by atoms with Gasteiger partial charge in [0.25, 0.3) is 0 Å². The van der Waals surface area contributed by atoms with Crippen LogP contribution in [0.3, 0.4) is 0 Å². The zero-order valence-corrected chi connectivity index (χ0v) is 8.15. The first-order chi connectivity index (χ1) is 7.74. The lowest BCUT2D eigenvalue weighted by Gasteiger charge is -2.06. The highest BCUT2D eigenvalue weighted by atomic mass is 19.1. The van der Waals surface area contributed by atoms with E-state index in [-0.39, 0.29) is 16.7 Å². The van der Waals surface area contributed by atoms with Gasteiger partial charge in [-0.05, 0) is 18.2 Å². The minimum atomic E-state index is -0.700. The van der Waals surface area contributed by atoms with Gasteiger partial charge in [-0.2, -0.15) is 0 Å². The van der Waals surface area contributed by atoms with Gasteiger partial charge in [-0.1, -0.05) is 6.07 Å². The zero-order chi connectivity index (χ0) is 11.5. The van der Waals surface area contributed by atoms with Gasteiger partial charge in [-0.3, -0.25) is 9.78 Å². The fourth-order valence-corrected chi connectivity index (χ4v) is 1.48. The van der Waals surface area contributed by atoms with Crippen molar-refractivity contribution in [3.63, 3.8) is 0 Å². The molecule has 0 amide bonds. The Kier molecular flexibility index (Phi) is 2.72. The third-order valence-corrected chi connectivity index (χ3v) is 2.21. The molecule has 0 spiro atoms. The van der Waals surface area contributed by atoms with E-state index >= 15 is 0 Å². The number of hydrogen-bond donors (Lipinski definition) is 0. The Labute approximate surface area is 90.6 Å². The summed E-state index contributed by atoms with van der Waals surface area (Å²) < 4.78 is 27.0. The van der Waals surface area contributed by atoms with Crippen LogP contribution in [0.2, 0.25) is 0 Å². The van der Waals surface area contributed by atoms with Crippen molar-refractivity contribution in [3.8, 4) is 11.1 Å². The number of hydrogen-bond acceptors (Lipinski definition) is 2. The maximum atomic E-state index is 13.5. The summed E-state index contributed by atoms with van der Waals surface area (Å²) in [6.07, 6.45) is 3.18. The summed E-state index contributed by atoms with van der Waals surface area (Å²) in [6, 6.07) is 4.97. The molecule has 1 aromatic carbocycles. The first-order valence-corrected chi connectivity index (χ1v) is 4.57. The van der Waals surface area contributed by atoms with Crippen LogP contribution in [0.4, 0.5) is 8.78 Å². The van der Waals surface area contributed by atoms with Crippen LogP contribution in [0, 0.1) is 11.6 Å². The molecule has 16 heavy (non-hydrogen) atoms. The Balaban J connectivity index is 2.72. The predicted octanol–water partition coefficient (Wildman–Crippen LogP) is 2.84. The molecule has 0 saturated carbocycles.